The minimum atomic E-state index is -0.0364. The molecule has 18 heavy (non-hydrogen) atoms. The summed E-state index contributed by atoms with van der Waals surface area (Å²) in [5.74, 6) is 0.807. The van der Waals surface area contributed by atoms with Crippen LogP contribution in [-0.2, 0) is 11.2 Å². The number of ether oxygens (including phenoxy) is 1. The van der Waals surface area contributed by atoms with E-state index in [0.717, 1.165) is 18.7 Å². The number of likely N-dealkylation sites (N-methyl/N-ethyl adjacent to an activating group) is 1. The van der Waals surface area contributed by atoms with Crippen molar-refractivity contribution >= 4 is 5.78 Å². The van der Waals surface area contributed by atoms with E-state index in [9.17, 15) is 4.79 Å². The van der Waals surface area contributed by atoms with Gasteiger partial charge in [0.1, 0.15) is 5.75 Å². The van der Waals surface area contributed by atoms with Crippen molar-refractivity contribution in [3.8, 4) is 11.8 Å². The number of benzene rings is 1. The number of carbonyl (C=O) groups excluding carboxylic acids is 1. The first-order valence-corrected chi connectivity index (χ1v) is 5.86. The molecule has 0 atom stereocenters. The van der Waals surface area contributed by atoms with Gasteiger partial charge in [-0.2, -0.15) is 5.26 Å². The van der Waals surface area contributed by atoms with Crippen molar-refractivity contribution in [3.05, 3.63) is 29.8 Å². The van der Waals surface area contributed by atoms with E-state index in [4.69, 9.17) is 10.00 Å². The molecule has 0 saturated carbocycles. The van der Waals surface area contributed by atoms with Crippen molar-refractivity contribution in [3.63, 3.8) is 0 Å². The smallest absolute Gasteiger partial charge is 0.160 e. The molecule has 0 aliphatic carbocycles. The lowest BCUT2D eigenvalue weighted by atomic mass is 10.1. The minimum Gasteiger partial charge on any atom is -0.497 e. The van der Waals surface area contributed by atoms with E-state index in [-0.39, 0.29) is 12.2 Å². The number of carbonyl (C=O) groups is 1. The van der Waals surface area contributed by atoms with Gasteiger partial charge in [-0.25, -0.2) is 0 Å². The summed E-state index contributed by atoms with van der Waals surface area (Å²) in [6.45, 7) is 1.11. The van der Waals surface area contributed by atoms with Crippen LogP contribution in [0.25, 0.3) is 0 Å². The Balaban J connectivity index is 2.40. The third-order valence-corrected chi connectivity index (χ3v) is 2.64. The third-order valence-electron chi connectivity index (χ3n) is 2.64. The number of hydrogen-bond acceptors (Lipinski definition) is 4. The van der Waals surface area contributed by atoms with E-state index in [0.29, 0.717) is 6.54 Å². The lowest BCUT2D eigenvalue weighted by Gasteiger charge is -2.15. The van der Waals surface area contributed by atoms with Gasteiger partial charge in [0, 0.05) is 6.54 Å². The highest BCUT2D eigenvalue weighted by Gasteiger charge is 2.06. The van der Waals surface area contributed by atoms with Crippen LogP contribution in [-0.4, -0.2) is 37.9 Å². The molecule has 0 aliphatic heterocycles. The van der Waals surface area contributed by atoms with Crippen LogP contribution in [0.1, 0.15) is 12.0 Å². The molecule has 0 spiro atoms. The van der Waals surface area contributed by atoms with Crippen molar-refractivity contribution in [1.29, 1.82) is 5.26 Å². The quantitative estimate of drug-likeness (QED) is 0.734. The molecule has 0 unspecified atom stereocenters. The zero-order valence-corrected chi connectivity index (χ0v) is 10.8. The van der Waals surface area contributed by atoms with Gasteiger partial charge in [0.25, 0.3) is 0 Å². The average molecular weight is 246 g/mol. The minimum absolute atomic E-state index is 0.0104. The molecule has 1 aromatic carbocycles. The second-order valence-corrected chi connectivity index (χ2v) is 4.21. The molecule has 0 aliphatic rings. The Morgan fingerprint density at radius 3 is 2.94 bits per heavy atom. The highest BCUT2D eigenvalue weighted by molar-refractivity contribution is 5.82. The Morgan fingerprint density at radius 2 is 2.28 bits per heavy atom. The molecular formula is C14H18N2O2. The topological polar surface area (TPSA) is 53.3 Å². The van der Waals surface area contributed by atoms with Crippen LogP contribution in [0, 0.1) is 11.3 Å². The van der Waals surface area contributed by atoms with Gasteiger partial charge >= 0.3 is 0 Å². The predicted molar refractivity (Wildman–Crippen MR) is 69.4 cm³/mol. The fourth-order valence-corrected chi connectivity index (χ4v) is 1.67. The summed E-state index contributed by atoms with van der Waals surface area (Å²) in [5.41, 5.74) is 1.17. The lowest BCUT2D eigenvalue weighted by molar-refractivity contribution is -0.118. The fourth-order valence-electron chi connectivity index (χ4n) is 1.67. The van der Waals surface area contributed by atoms with Crippen LogP contribution in [0.15, 0.2) is 24.3 Å². The maximum absolute atomic E-state index is 11.3. The third kappa shape index (κ3) is 4.98. The molecule has 4 heteroatoms. The Hall–Kier alpha value is -1.86. The summed E-state index contributed by atoms with van der Waals surface area (Å²) in [6, 6.07) is 9.75. The zero-order valence-electron chi connectivity index (χ0n) is 10.8. The summed E-state index contributed by atoms with van der Waals surface area (Å²) in [7, 11) is 3.53. The van der Waals surface area contributed by atoms with Crippen molar-refractivity contribution in [2.75, 3.05) is 27.2 Å². The number of rotatable bonds is 7. The van der Waals surface area contributed by atoms with Crippen LogP contribution in [0.2, 0.25) is 0 Å². The van der Waals surface area contributed by atoms with Gasteiger partial charge in [0.15, 0.2) is 5.78 Å². The molecule has 1 rings (SSSR count). The second kappa shape index (κ2) is 7.46. The molecule has 0 saturated heterocycles. The Labute approximate surface area is 108 Å². The van der Waals surface area contributed by atoms with Crippen molar-refractivity contribution < 1.29 is 9.53 Å². The SMILES string of the molecule is COc1cccc(CCN(C)CC(=O)CC#N)c1. The first-order valence-electron chi connectivity index (χ1n) is 5.86. The van der Waals surface area contributed by atoms with Crippen LogP contribution in [0.5, 0.6) is 5.75 Å². The van der Waals surface area contributed by atoms with Crippen molar-refractivity contribution in [2.45, 2.75) is 12.8 Å². The molecule has 0 aromatic heterocycles. The summed E-state index contributed by atoms with van der Waals surface area (Å²) >= 11 is 0. The second-order valence-electron chi connectivity index (χ2n) is 4.21. The van der Waals surface area contributed by atoms with Gasteiger partial charge < -0.3 is 4.74 Å². The number of nitrogens with zero attached hydrogens (tertiary/aromatic N) is 2. The maximum Gasteiger partial charge on any atom is 0.160 e. The first kappa shape index (κ1) is 14.2. The Morgan fingerprint density at radius 1 is 1.50 bits per heavy atom. The Kier molecular flexibility index (Phi) is 5.89. The number of nitriles is 1. The van der Waals surface area contributed by atoms with E-state index < -0.39 is 0 Å². The highest BCUT2D eigenvalue weighted by atomic mass is 16.5. The van der Waals surface area contributed by atoms with Crippen LogP contribution >= 0.6 is 0 Å². The van der Waals surface area contributed by atoms with Gasteiger partial charge in [-0.05, 0) is 31.2 Å². The first-order chi connectivity index (χ1) is 8.65. The molecule has 96 valence electrons. The zero-order chi connectivity index (χ0) is 13.4. The van der Waals surface area contributed by atoms with Crippen molar-refractivity contribution in [2.24, 2.45) is 0 Å². The molecule has 0 fully saturated rings. The number of methoxy groups -OCH3 is 1. The number of hydrogen-bond donors (Lipinski definition) is 0. The molecule has 0 bridgehead atoms. The summed E-state index contributed by atoms with van der Waals surface area (Å²) in [5, 5.41) is 8.41. The molecule has 0 radical (unpaired) electrons. The largest absolute Gasteiger partial charge is 0.497 e. The van der Waals surface area contributed by atoms with Crippen LogP contribution < -0.4 is 4.74 Å². The van der Waals surface area contributed by atoms with E-state index in [1.165, 1.54) is 5.56 Å². The molecule has 0 heterocycles. The number of Topliss-reactive ketones (excluding diaryl/α,β-unsaturated/α-hetero) is 1. The van der Waals surface area contributed by atoms with Crippen LogP contribution in [0.3, 0.4) is 0 Å². The summed E-state index contributed by atoms with van der Waals surface area (Å²) in [4.78, 5) is 13.2. The van der Waals surface area contributed by atoms with Gasteiger partial charge in [0.2, 0.25) is 0 Å². The molecule has 1 aromatic rings. The Bertz CT molecular complexity index is 438. The van der Waals surface area contributed by atoms with E-state index in [1.54, 1.807) is 7.11 Å². The summed E-state index contributed by atoms with van der Waals surface area (Å²) < 4.78 is 5.15. The van der Waals surface area contributed by atoms with Gasteiger partial charge in [-0.1, -0.05) is 12.1 Å². The molecule has 0 N–H and O–H groups in total. The van der Waals surface area contributed by atoms with E-state index in [1.807, 2.05) is 42.3 Å². The van der Waals surface area contributed by atoms with E-state index in [2.05, 4.69) is 0 Å². The standard InChI is InChI=1S/C14H18N2O2/c1-16(11-13(17)6-8-15)9-7-12-4-3-5-14(10-12)18-2/h3-5,10H,6-7,9,11H2,1-2H3. The lowest BCUT2D eigenvalue weighted by Crippen LogP contribution is -2.27. The predicted octanol–water partition coefficient (Wildman–Crippen LogP) is 1.65. The van der Waals surface area contributed by atoms with Gasteiger partial charge in [-0.15, -0.1) is 0 Å². The van der Waals surface area contributed by atoms with Gasteiger partial charge in [0.05, 0.1) is 26.1 Å². The fraction of sp³-hybridized carbons (Fsp3) is 0.429. The van der Waals surface area contributed by atoms with Crippen LogP contribution in [0.4, 0.5) is 0 Å². The van der Waals surface area contributed by atoms with Crippen molar-refractivity contribution in [1.82, 2.24) is 4.90 Å². The highest BCUT2D eigenvalue weighted by Crippen LogP contribution is 2.13. The molecule has 4 nitrogen and oxygen atoms in total. The summed E-state index contributed by atoms with van der Waals surface area (Å²) in [6.07, 6.45) is 0.844. The van der Waals surface area contributed by atoms with Gasteiger partial charge in [-0.3, -0.25) is 9.69 Å². The average Bonchev–Trinajstić information content (AvgIpc) is 2.37. The van der Waals surface area contributed by atoms with E-state index >= 15 is 0 Å². The number of ketones is 1. The molecular weight excluding hydrogens is 228 g/mol. The maximum atomic E-state index is 11.3. The monoisotopic (exact) mass is 246 g/mol. The normalized spacial score (nSPS) is 10.1. The molecule has 0 amide bonds.